The molecule has 1 aromatic rings. The largest absolute Gasteiger partial charge is 0.444 e. The molecule has 0 aromatic carbocycles. The van der Waals surface area contributed by atoms with E-state index in [9.17, 15) is 9.59 Å². The van der Waals surface area contributed by atoms with Gasteiger partial charge in [-0.15, -0.1) is 0 Å². The second-order valence-electron chi connectivity index (χ2n) is 6.06. The Morgan fingerprint density at radius 3 is 2.62 bits per heavy atom. The number of carbonyl (C=O) groups excluding carboxylic acids is 2. The van der Waals surface area contributed by atoms with E-state index in [4.69, 9.17) is 4.74 Å². The summed E-state index contributed by atoms with van der Waals surface area (Å²) in [4.78, 5) is 29.9. The average molecular weight is 291 g/mol. The number of rotatable bonds is 2. The van der Waals surface area contributed by atoms with Gasteiger partial charge in [0.25, 0.3) is 0 Å². The molecule has 1 N–H and O–H groups in total. The lowest BCUT2D eigenvalue weighted by molar-refractivity contribution is -0.120. The minimum atomic E-state index is -0.564. The fraction of sp³-hybridized carbons (Fsp3) is 0.533. The number of aromatic nitrogens is 1. The van der Waals surface area contributed by atoms with Crippen molar-refractivity contribution in [2.45, 2.75) is 45.3 Å². The minimum absolute atomic E-state index is 0.190. The summed E-state index contributed by atoms with van der Waals surface area (Å²) in [5.41, 5.74) is 0.109. The van der Waals surface area contributed by atoms with Gasteiger partial charge in [0.15, 0.2) is 0 Å². The second-order valence-corrected chi connectivity index (χ2v) is 6.06. The smallest absolute Gasteiger partial charge is 0.410 e. The van der Waals surface area contributed by atoms with Crippen LogP contribution in [0.15, 0.2) is 24.5 Å². The van der Waals surface area contributed by atoms with E-state index in [1.165, 1.54) is 4.90 Å². The Hall–Kier alpha value is -2.11. The highest BCUT2D eigenvalue weighted by molar-refractivity contribution is 5.96. The lowest BCUT2D eigenvalue weighted by atomic mass is 10.2. The minimum Gasteiger partial charge on any atom is -0.444 e. The number of hydrogen-bond acceptors (Lipinski definition) is 4. The number of nitrogens with zero attached hydrogens (tertiary/aromatic N) is 2. The van der Waals surface area contributed by atoms with Gasteiger partial charge in [0.05, 0.1) is 0 Å². The maximum absolute atomic E-state index is 12.3. The van der Waals surface area contributed by atoms with Crippen molar-refractivity contribution in [2.24, 2.45) is 0 Å². The van der Waals surface area contributed by atoms with Gasteiger partial charge >= 0.3 is 6.09 Å². The predicted octanol–water partition coefficient (Wildman–Crippen LogP) is 2.42. The monoisotopic (exact) mass is 291 g/mol. The van der Waals surface area contributed by atoms with E-state index in [-0.39, 0.29) is 5.91 Å². The highest BCUT2D eigenvalue weighted by atomic mass is 16.6. The van der Waals surface area contributed by atoms with Crippen LogP contribution in [0, 0.1) is 0 Å². The van der Waals surface area contributed by atoms with E-state index in [1.807, 2.05) is 20.8 Å². The third kappa shape index (κ3) is 4.18. The van der Waals surface area contributed by atoms with Crippen LogP contribution < -0.4 is 5.32 Å². The van der Waals surface area contributed by atoms with Crippen molar-refractivity contribution in [2.75, 3.05) is 11.9 Å². The first-order valence-corrected chi connectivity index (χ1v) is 7.07. The SMILES string of the molecule is CC(C)(C)OC(=O)N1CCCC1C(=O)Nc1ccncc1. The third-order valence-electron chi connectivity index (χ3n) is 3.13. The van der Waals surface area contributed by atoms with Gasteiger partial charge in [-0.1, -0.05) is 0 Å². The van der Waals surface area contributed by atoms with Gasteiger partial charge < -0.3 is 10.1 Å². The molecule has 114 valence electrons. The Balaban J connectivity index is 2.01. The van der Waals surface area contributed by atoms with E-state index in [0.29, 0.717) is 18.7 Å². The standard InChI is InChI=1S/C15H21N3O3/c1-15(2,3)21-14(20)18-10-4-5-12(18)13(19)17-11-6-8-16-9-7-11/h6-9,12H,4-5,10H2,1-3H3,(H,16,17,19). The maximum atomic E-state index is 12.3. The molecule has 0 aliphatic carbocycles. The van der Waals surface area contributed by atoms with Crippen molar-refractivity contribution >= 4 is 17.7 Å². The van der Waals surface area contributed by atoms with Gasteiger partial charge in [-0.3, -0.25) is 14.7 Å². The Morgan fingerprint density at radius 2 is 2.00 bits per heavy atom. The van der Waals surface area contributed by atoms with Crippen LogP contribution in [0.3, 0.4) is 0 Å². The fourth-order valence-corrected chi connectivity index (χ4v) is 2.24. The number of pyridine rings is 1. The van der Waals surface area contributed by atoms with Gasteiger partial charge in [0, 0.05) is 24.6 Å². The van der Waals surface area contributed by atoms with Crippen LogP contribution in [0.2, 0.25) is 0 Å². The number of amides is 2. The average Bonchev–Trinajstić information content (AvgIpc) is 2.87. The van der Waals surface area contributed by atoms with Gasteiger partial charge in [-0.25, -0.2) is 4.79 Å². The summed E-state index contributed by atoms with van der Waals surface area (Å²) in [5, 5.41) is 2.80. The van der Waals surface area contributed by atoms with E-state index in [2.05, 4.69) is 10.3 Å². The molecule has 1 saturated heterocycles. The van der Waals surface area contributed by atoms with Crippen molar-refractivity contribution in [1.82, 2.24) is 9.88 Å². The molecule has 1 aromatic heterocycles. The van der Waals surface area contributed by atoms with Crippen LogP contribution in [0.4, 0.5) is 10.5 Å². The lowest BCUT2D eigenvalue weighted by Crippen LogP contribution is -2.45. The Labute approximate surface area is 124 Å². The van der Waals surface area contributed by atoms with Crippen LogP contribution in [0.5, 0.6) is 0 Å². The first-order valence-electron chi connectivity index (χ1n) is 7.07. The molecule has 1 unspecified atom stereocenters. The Kier molecular flexibility index (Phi) is 4.45. The number of ether oxygens (including phenoxy) is 1. The quantitative estimate of drug-likeness (QED) is 0.908. The van der Waals surface area contributed by atoms with Crippen LogP contribution in [-0.4, -0.2) is 40.1 Å². The third-order valence-corrected chi connectivity index (χ3v) is 3.13. The van der Waals surface area contributed by atoms with Crippen molar-refractivity contribution in [3.63, 3.8) is 0 Å². The van der Waals surface area contributed by atoms with E-state index < -0.39 is 17.7 Å². The predicted molar refractivity (Wildman–Crippen MR) is 78.8 cm³/mol. The van der Waals surface area contributed by atoms with E-state index in [1.54, 1.807) is 24.5 Å². The van der Waals surface area contributed by atoms with Crippen LogP contribution in [-0.2, 0) is 9.53 Å². The van der Waals surface area contributed by atoms with Crippen molar-refractivity contribution < 1.29 is 14.3 Å². The van der Waals surface area contributed by atoms with Gasteiger partial charge in [0.2, 0.25) is 5.91 Å². The molecule has 1 aliphatic heterocycles. The molecular formula is C15H21N3O3. The molecule has 0 radical (unpaired) electrons. The molecule has 0 saturated carbocycles. The summed E-state index contributed by atoms with van der Waals surface area (Å²) >= 11 is 0. The van der Waals surface area contributed by atoms with Crippen LogP contribution >= 0.6 is 0 Å². The summed E-state index contributed by atoms with van der Waals surface area (Å²) < 4.78 is 5.35. The Morgan fingerprint density at radius 1 is 1.33 bits per heavy atom. The zero-order valence-electron chi connectivity index (χ0n) is 12.6. The number of likely N-dealkylation sites (tertiary alicyclic amines) is 1. The zero-order valence-corrected chi connectivity index (χ0v) is 12.6. The van der Waals surface area contributed by atoms with Crippen molar-refractivity contribution in [3.05, 3.63) is 24.5 Å². The Bertz CT molecular complexity index is 511. The van der Waals surface area contributed by atoms with Gasteiger partial charge in [0.1, 0.15) is 11.6 Å². The van der Waals surface area contributed by atoms with Crippen molar-refractivity contribution in [3.8, 4) is 0 Å². The van der Waals surface area contributed by atoms with E-state index in [0.717, 1.165) is 6.42 Å². The topological polar surface area (TPSA) is 71.5 Å². The maximum Gasteiger partial charge on any atom is 0.410 e. The molecule has 1 fully saturated rings. The summed E-state index contributed by atoms with van der Waals surface area (Å²) in [6, 6.07) is 2.95. The molecule has 0 spiro atoms. The molecule has 0 bridgehead atoms. The summed E-state index contributed by atoms with van der Waals surface area (Å²) in [5.74, 6) is -0.190. The summed E-state index contributed by atoms with van der Waals surface area (Å²) in [6.45, 7) is 5.98. The molecule has 1 atom stereocenters. The fourth-order valence-electron chi connectivity index (χ4n) is 2.24. The number of carbonyl (C=O) groups is 2. The number of nitrogens with one attached hydrogen (secondary N) is 1. The normalized spacial score (nSPS) is 18.4. The zero-order chi connectivity index (χ0) is 15.5. The van der Waals surface area contributed by atoms with Crippen LogP contribution in [0.1, 0.15) is 33.6 Å². The second kappa shape index (κ2) is 6.11. The molecule has 6 heteroatoms. The first kappa shape index (κ1) is 15.3. The summed E-state index contributed by atoms with van der Waals surface area (Å²) in [6.07, 6.45) is 4.23. The van der Waals surface area contributed by atoms with Gasteiger partial charge in [-0.2, -0.15) is 0 Å². The molecular weight excluding hydrogens is 270 g/mol. The molecule has 2 heterocycles. The highest BCUT2D eigenvalue weighted by Gasteiger charge is 2.36. The number of anilines is 1. The van der Waals surface area contributed by atoms with Crippen molar-refractivity contribution in [1.29, 1.82) is 0 Å². The van der Waals surface area contributed by atoms with E-state index >= 15 is 0 Å². The summed E-state index contributed by atoms with van der Waals surface area (Å²) in [7, 11) is 0. The molecule has 2 rings (SSSR count). The number of hydrogen-bond donors (Lipinski definition) is 1. The first-order chi connectivity index (χ1) is 9.87. The van der Waals surface area contributed by atoms with Gasteiger partial charge in [-0.05, 0) is 45.7 Å². The highest BCUT2D eigenvalue weighted by Crippen LogP contribution is 2.22. The molecule has 6 nitrogen and oxygen atoms in total. The molecule has 2 amide bonds. The molecule has 1 aliphatic rings. The lowest BCUT2D eigenvalue weighted by Gasteiger charge is -2.28. The molecule has 21 heavy (non-hydrogen) atoms. The van der Waals surface area contributed by atoms with Crippen LogP contribution in [0.25, 0.3) is 0 Å².